The van der Waals surface area contributed by atoms with Crippen molar-refractivity contribution in [1.82, 2.24) is 5.32 Å². The molecule has 0 aromatic heterocycles. The van der Waals surface area contributed by atoms with Crippen molar-refractivity contribution in [3.8, 4) is 5.75 Å². The minimum Gasteiger partial charge on any atom is -0.490 e. The van der Waals surface area contributed by atoms with Crippen LogP contribution < -0.4 is 10.1 Å². The van der Waals surface area contributed by atoms with Crippen LogP contribution in [0.3, 0.4) is 0 Å². The molecule has 0 amide bonds. The van der Waals surface area contributed by atoms with Gasteiger partial charge in [0.2, 0.25) is 0 Å². The van der Waals surface area contributed by atoms with Crippen LogP contribution in [0.1, 0.15) is 38.2 Å². The van der Waals surface area contributed by atoms with Crippen molar-refractivity contribution >= 4 is 9.84 Å². The van der Waals surface area contributed by atoms with E-state index >= 15 is 0 Å². The Morgan fingerprint density at radius 2 is 2.05 bits per heavy atom. The predicted octanol–water partition coefficient (Wildman–Crippen LogP) is 2.53. The van der Waals surface area contributed by atoms with Crippen molar-refractivity contribution in [1.29, 1.82) is 0 Å². The fraction of sp³-hybridized carbons (Fsp3) is 0.625. The number of para-hydroxylation sites is 1. The quantitative estimate of drug-likeness (QED) is 0.877. The van der Waals surface area contributed by atoms with Crippen molar-refractivity contribution in [2.75, 3.05) is 12.8 Å². The summed E-state index contributed by atoms with van der Waals surface area (Å²) in [6.07, 6.45) is 4.55. The Labute approximate surface area is 127 Å². The maximum Gasteiger partial charge on any atom is 0.150 e. The third kappa shape index (κ3) is 4.71. The van der Waals surface area contributed by atoms with Crippen molar-refractivity contribution in [3.05, 3.63) is 29.8 Å². The van der Waals surface area contributed by atoms with E-state index in [0.29, 0.717) is 6.42 Å². The Morgan fingerprint density at radius 3 is 2.76 bits per heavy atom. The molecular weight excluding hydrogens is 286 g/mol. The molecule has 1 fully saturated rings. The maximum atomic E-state index is 11.7. The van der Waals surface area contributed by atoms with Crippen LogP contribution in [0, 0.1) is 0 Å². The molecule has 5 heteroatoms. The second-order valence-corrected chi connectivity index (χ2v) is 8.07. The first-order chi connectivity index (χ1) is 10.0. The Bertz CT molecular complexity index is 556. The summed E-state index contributed by atoms with van der Waals surface area (Å²) in [4.78, 5) is 0. The summed E-state index contributed by atoms with van der Waals surface area (Å²) >= 11 is 0. The van der Waals surface area contributed by atoms with Gasteiger partial charge in [-0.05, 0) is 31.9 Å². The number of rotatable bonds is 6. The van der Waals surface area contributed by atoms with Gasteiger partial charge in [0.15, 0.2) is 0 Å². The largest absolute Gasteiger partial charge is 0.490 e. The standard InChI is InChI=1S/C16H25NO3S/c1-3-17-12-13-7-4-5-10-16(13)20-14-8-6-9-15(11-14)21(2,18)19/h4-5,7,10,14-15,17H,3,6,8-9,11-12H2,1-2H3. The van der Waals surface area contributed by atoms with E-state index in [1.54, 1.807) is 0 Å². The van der Waals surface area contributed by atoms with E-state index < -0.39 is 9.84 Å². The molecule has 21 heavy (non-hydrogen) atoms. The van der Waals surface area contributed by atoms with E-state index in [0.717, 1.165) is 43.7 Å². The van der Waals surface area contributed by atoms with Crippen molar-refractivity contribution in [2.45, 2.75) is 50.5 Å². The highest BCUT2D eigenvalue weighted by Gasteiger charge is 2.30. The van der Waals surface area contributed by atoms with Crippen molar-refractivity contribution < 1.29 is 13.2 Å². The highest BCUT2D eigenvalue weighted by molar-refractivity contribution is 7.91. The number of hydrogen-bond donors (Lipinski definition) is 1. The zero-order valence-corrected chi connectivity index (χ0v) is 13.7. The van der Waals surface area contributed by atoms with E-state index in [-0.39, 0.29) is 11.4 Å². The molecule has 1 aromatic carbocycles. The summed E-state index contributed by atoms with van der Waals surface area (Å²) in [5.74, 6) is 0.873. The zero-order valence-electron chi connectivity index (χ0n) is 12.8. The molecule has 4 nitrogen and oxygen atoms in total. The van der Waals surface area contributed by atoms with Crippen LogP contribution in [0.4, 0.5) is 0 Å². The normalized spacial score (nSPS) is 23.0. The number of hydrogen-bond acceptors (Lipinski definition) is 4. The smallest absolute Gasteiger partial charge is 0.150 e. The molecule has 0 radical (unpaired) electrons. The summed E-state index contributed by atoms with van der Waals surface area (Å²) in [6, 6.07) is 7.98. The maximum absolute atomic E-state index is 11.7. The first-order valence-corrected chi connectivity index (χ1v) is 9.60. The fourth-order valence-corrected chi connectivity index (χ4v) is 3.96. The van der Waals surface area contributed by atoms with Crippen LogP contribution in [-0.4, -0.2) is 32.6 Å². The van der Waals surface area contributed by atoms with Crippen LogP contribution in [-0.2, 0) is 16.4 Å². The average molecular weight is 311 g/mol. The second-order valence-electron chi connectivity index (χ2n) is 5.75. The van der Waals surface area contributed by atoms with E-state index in [9.17, 15) is 8.42 Å². The molecule has 1 aliphatic rings. The highest BCUT2D eigenvalue weighted by Crippen LogP contribution is 2.29. The van der Waals surface area contributed by atoms with Crippen LogP contribution in [0.15, 0.2) is 24.3 Å². The minimum atomic E-state index is -2.97. The van der Waals surface area contributed by atoms with Gasteiger partial charge in [0.05, 0.1) is 11.4 Å². The molecule has 1 saturated carbocycles. The SMILES string of the molecule is CCNCc1ccccc1OC1CCCC(S(C)(=O)=O)C1. The molecule has 1 aromatic rings. The van der Waals surface area contributed by atoms with E-state index in [4.69, 9.17) is 4.74 Å². The summed E-state index contributed by atoms with van der Waals surface area (Å²) in [7, 11) is -2.97. The molecule has 0 heterocycles. The van der Waals surface area contributed by atoms with Gasteiger partial charge < -0.3 is 10.1 Å². The van der Waals surface area contributed by atoms with Gasteiger partial charge in [0, 0.05) is 24.8 Å². The lowest BCUT2D eigenvalue weighted by atomic mass is 9.97. The monoisotopic (exact) mass is 311 g/mol. The summed E-state index contributed by atoms with van der Waals surface area (Å²) in [5.41, 5.74) is 1.13. The van der Waals surface area contributed by atoms with E-state index in [2.05, 4.69) is 18.3 Å². The molecular formula is C16H25NO3S. The molecule has 0 spiro atoms. The van der Waals surface area contributed by atoms with Crippen LogP contribution in [0.5, 0.6) is 5.75 Å². The Balaban J connectivity index is 2.04. The second kappa shape index (κ2) is 7.27. The lowest BCUT2D eigenvalue weighted by Crippen LogP contribution is -2.33. The molecule has 2 atom stereocenters. The van der Waals surface area contributed by atoms with Gasteiger partial charge in [0.1, 0.15) is 15.6 Å². The Morgan fingerprint density at radius 1 is 1.29 bits per heavy atom. The first-order valence-electron chi connectivity index (χ1n) is 7.65. The number of sulfone groups is 1. The van der Waals surface area contributed by atoms with Gasteiger partial charge in [-0.25, -0.2) is 8.42 Å². The molecule has 2 unspecified atom stereocenters. The topological polar surface area (TPSA) is 55.4 Å². The molecule has 1 aliphatic carbocycles. The van der Waals surface area contributed by atoms with E-state index in [1.165, 1.54) is 6.26 Å². The predicted molar refractivity (Wildman–Crippen MR) is 85.3 cm³/mol. The minimum absolute atomic E-state index is 0.00116. The number of benzene rings is 1. The molecule has 2 rings (SSSR count). The van der Waals surface area contributed by atoms with Gasteiger partial charge in [0.25, 0.3) is 0 Å². The number of ether oxygens (including phenoxy) is 1. The summed E-state index contributed by atoms with van der Waals surface area (Å²) < 4.78 is 29.6. The van der Waals surface area contributed by atoms with Gasteiger partial charge >= 0.3 is 0 Å². The van der Waals surface area contributed by atoms with Crippen LogP contribution >= 0.6 is 0 Å². The lowest BCUT2D eigenvalue weighted by molar-refractivity contribution is 0.154. The fourth-order valence-electron chi connectivity index (χ4n) is 2.80. The molecule has 1 N–H and O–H groups in total. The third-order valence-corrected chi connectivity index (χ3v) is 5.65. The van der Waals surface area contributed by atoms with Crippen molar-refractivity contribution in [3.63, 3.8) is 0 Å². The number of nitrogens with one attached hydrogen (secondary N) is 1. The van der Waals surface area contributed by atoms with Crippen LogP contribution in [0.2, 0.25) is 0 Å². The van der Waals surface area contributed by atoms with Crippen LogP contribution in [0.25, 0.3) is 0 Å². The average Bonchev–Trinajstić information content (AvgIpc) is 2.46. The Kier molecular flexibility index (Phi) is 5.65. The summed E-state index contributed by atoms with van der Waals surface area (Å²) in [5, 5.41) is 3.05. The lowest BCUT2D eigenvalue weighted by Gasteiger charge is -2.29. The third-order valence-electron chi connectivity index (χ3n) is 4.02. The molecule has 0 saturated heterocycles. The van der Waals surface area contributed by atoms with Crippen molar-refractivity contribution in [2.24, 2.45) is 0 Å². The Hall–Kier alpha value is -1.07. The zero-order chi connectivity index (χ0) is 15.3. The summed E-state index contributed by atoms with van der Waals surface area (Å²) in [6.45, 7) is 3.75. The van der Waals surface area contributed by atoms with Gasteiger partial charge in [-0.3, -0.25) is 0 Å². The molecule has 0 aliphatic heterocycles. The van der Waals surface area contributed by atoms with Gasteiger partial charge in [-0.15, -0.1) is 0 Å². The van der Waals surface area contributed by atoms with Gasteiger partial charge in [-0.2, -0.15) is 0 Å². The highest BCUT2D eigenvalue weighted by atomic mass is 32.2. The molecule has 118 valence electrons. The van der Waals surface area contributed by atoms with Gasteiger partial charge in [-0.1, -0.05) is 25.1 Å². The molecule has 0 bridgehead atoms. The van der Waals surface area contributed by atoms with E-state index in [1.807, 2.05) is 18.2 Å². The first kappa shape index (κ1) is 16.3.